The van der Waals surface area contributed by atoms with Gasteiger partial charge in [0, 0.05) is 15.8 Å². The van der Waals surface area contributed by atoms with Crippen LogP contribution in [-0.2, 0) is 0 Å². The first-order valence-electron chi connectivity index (χ1n) is 5.10. The molecule has 1 aromatic rings. The Labute approximate surface area is 88.3 Å². The van der Waals surface area contributed by atoms with Crippen molar-refractivity contribution in [2.45, 2.75) is 32.2 Å². The van der Waals surface area contributed by atoms with Crippen LogP contribution in [0.4, 0.5) is 0 Å². The van der Waals surface area contributed by atoms with Gasteiger partial charge in [0.2, 0.25) is 0 Å². The van der Waals surface area contributed by atoms with Gasteiger partial charge in [-0.25, -0.2) is 0 Å². The van der Waals surface area contributed by atoms with Crippen LogP contribution in [0.1, 0.15) is 34.5 Å². The van der Waals surface area contributed by atoms with Crippen molar-refractivity contribution in [3.05, 3.63) is 21.9 Å². The summed E-state index contributed by atoms with van der Waals surface area (Å²) in [5.74, 6) is 0.272. The highest BCUT2D eigenvalue weighted by Gasteiger charge is 2.22. The maximum absolute atomic E-state index is 12.0. The minimum absolute atomic E-state index is 0.0674. The Bertz CT molecular complexity index is 326. The van der Waals surface area contributed by atoms with Gasteiger partial charge in [-0.1, -0.05) is 6.42 Å². The molecule has 1 saturated heterocycles. The molecule has 1 N–H and O–H groups in total. The van der Waals surface area contributed by atoms with E-state index in [1.54, 1.807) is 11.3 Å². The van der Waals surface area contributed by atoms with Crippen molar-refractivity contribution in [1.82, 2.24) is 5.32 Å². The van der Waals surface area contributed by atoms with Crippen LogP contribution >= 0.6 is 11.3 Å². The van der Waals surface area contributed by atoms with E-state index in [9.17, 15) is 4.79 Å². The van der Waals surface area contributed by atoms with Crippen molar-refractivity contribution in [2.24, 2.45) is 0 Å². The molecule has 2 heterocycles. The van der Waals surface area contributed by atoms with Crippen LogP contribution in [0.3, 0.4) is 0 Å². The molecule has 0 saturated carbocycles. The van der Waals surface area contributed by atoms with Crippen LogP contribution in [0.15, 0.2) is 11.4 Å². The van der Waals surface area contributed by atoms with Crippen LogP contribution in [0.5, 0.6) is 0 Å². The number of ketones is 1. The Morgan fingerprint density at radius 3 is 3.00 bits per heavy atom. The second-order valence-electron chi connectivity index (χ2n) is 3.81. The molecule has 2 nitrogen and oxygen atoms in total. The van der Waals surface area contributed by atoms with Crippen LogP contribution in [0.25, 0.3) is 0 Å². The molecule has 76 valence electrons. The average molecular weight is 209 g/mol. The molecule has 0 radical (unpaired) electrons. The maximum Gasteiger partial charge on any atom is 0.180 e. The molecule has 14 heavy (non-hydrogen) atoms. The lowest BCUT2D eigenvalue weighted by Gasteiger charge is -2.21. The van der Waals surface area contributed by atoms with Crippen molar-refractivity contribution in [3.8, 4) is 0 Å². The fourth-order valence-corrected chi connectivity index (χ4v) is 2.54. The molecule has 0 aliphatic carbocycles. The van der Waals surface area contributed by atoms with Gasteiger partial charge in [-0.15, -0.1) is 11.3 Å². The lowest BCUT2D eigenvalue weighted by atomic mass is 9.98. The number of rotatable bonds is 2. The average Bonchev–Trinajstić information content (AvgIpc) is 2.65. The second kappa shape index (κ2) is 4.24. The Hall–Kier alpha value is -0.670. The molecule has 0 aromatic carbocycles. The van der Waals surface area contributed by atoms with Gasteiger partial charge in [-0.05, 0) is 32.4 Å². The van der Waals surface area contributed by atoms with Gasteiger partial charge >= 0.3 is 0 Å². The van der Waals surface area contributed by atoms with Gasteiger partial charge in [-0.3, -0.25) is 4.79 Å². The molecule has 2 rings (SSSR count). The standard InChI is InChI=1S/C11H15NOS/c1-8-6-9(7-14-8)11(13)10-4-2-3-5-12-10/h6-7,10,12H,2-5H2,1H3. The van der Waals surface area contributed by atoms with E-state index < -0.39 is 0 Å². The zero-order valence-corrected chi connectivity index (χ0v) is 9.19. The van der Waals surface area contributed by atoms with Crippen molar-refractivity contribution in [3.63, 3.8) is 0 Å². The zero-order valence-electron chi connectivity index (χ0n) is 8.38. The monoisotopic (exact) mass is 209 g/mol. The fraction of sp³-hybridized carbons (Fsp3) is 0.545. The van der Waals surface area contributed by atoms with Crippen LogP contribution in [0, 0.1) is 6.92 Å². The second-order valence-corrected chi connectivity index (χ2v) is 4.93. The molecular weight excluding hydrogens is 194 g/mol. The Morgan fingerprint density at radius 2 is 2.43 bits per heavy atom. The van der Waals surface area contributed by atoms with E-state index in [0.717, 1.165) is 18.5 Å². The predicted molar refractivity (Wildman–Crippen MR) is 59.0 cm³/mol. The number of piperidine rings is 1. The molecule has 0 amide bonds. The lowest BCUT2D eigenvalue weighted by Crippen LogP contribution is -2.40. The van der Waals surface area contributed by atoms with Gasteiger partial charge < -0.3 is 5.32 Å². The molecular formula is C11H15NOS. The molecule has 1 aromatic heterocycles. The molecule has 1 aliphatic rings. The van der Waals surface area contributed by atoms with Gasteiger partial charge in [-0.2, -0.15) is 0 Å². The SMILES string of the molecule is Cc1cc(C(=O)C2CCCCN2)cs1. The van der Waals surface area contributed by atoms with E-state index in [4.69, 9.17) is 0 Å². The minimum Gasteiger partial charge on any atom is -0.307 e. The molecule has 3 heteroatoms. The third-order valence-electron chi connectivity index (χ3n) is 2.64. The summed E-state index contributed by atoms with van der Waals surface area (Å²) in [4.78, 5) is 13.2. The van der Waals surface area contributed by atoms with E-state index >= 15 is 0 Å². The lowest BCUT2D eigenvalue weighted by molar-refractivity contribution is 0.0927. The van der Waals surface area contributed by atoms with Crippen molar-refractivity contribution in [1.29, 1.82) is 0 Å². The summed E-state index contributed by atoms with van der Waals surface area (Å²) in [7, 11) is 0. The number of nitrogens with one attached hydrogen (secondary N) is 1. The first-order chi connectivity index (χ1) is 6.77. The van der Waals surface area contributed by atoms with E-state index in [1.807, 2.05) is 18.4 Å². The molecule has 0 bridgehead atoms. The molecule has 1 unspecified atom stereocenters. The highest BCUT2D eigenvalue weighted by Crippen LogP contribution is 2.18. The summed E-state index contributed by atoms with van der Waals surface area (Å²) in [6.45, 7) is 3.02. The van der Waals surface area contributed by atoms with Crippen LogP contribution in [-0.4, -0.2) is 18.4 Å². The highest BCUT2D eigenvalue weighted by molar-refractivity contribution is 7.10. The number of hydrogen-bond donors (Lipinski definition) is 1. The third kappa shape index (κ3) is 2.04. The summed E-state index contributed by atoms with van der Waals surface area (Å²) in [6, 6.07) is 2.06. The smallest absolute Gasteiger partial charge is 0.180 e. The molecule has 1 fully saturated rings. The molecule has 0 spiro atoms. The predicted octanol–water partition coefficient (Wildman–Crippen LogP) is 2.38. The van der Waals surface area contributed by atoms with Gasteiger partial charge in [0.1, 0.15) is 0 Å². The first kappa shape index (κ1) is 9.87. The summed E-state index contributed by atoms with van der Waals surface area (Å²) < 4.78 is 0. The summed E-state index contributed by atoms with van der Waals surface area (Å²) >= 11 is 1.65. The van der Waals surface area contributed by atoms with E-state index in [-0.39, 0.29) is 11.8 Å². The summed E-state index contributed by atoms with van der Waals surface area (Å²) in [6.07, 6.45) is 3.37. The van der Waals surface area contributed by atoms with Crippen molar-refractivity contribution in [2.75, 3.05) is 6.54 Å². The van der Waals surface area contributed by atoms with E-state index in [1.165, 1.54) is 17.7 Å². The first-order valence-corrected chi connectivity index (χ1v) is 5.98. The zero-order chi connectivity index (χ0) is 9.97. The Morgan fingerprint density at radius 1 is 1.57 bits per heavy atom. The molecule has 1 atom stereocenters. The van der Waals surface area contributed by atoms with Gasteiger partial charge in [0.05, 0.1) is 6.04 Å². The minimum atomic E-state index is 0.0674. The number of hydrogen-bond acceptors (Lipinski definition) is 3. The normalized spacial score (nSPS) is 22.2. The van der Waals surface area contributed by atoms with Crippen LogP contribution in [0.2, 0.25) is 0 Å². The number of Topliss-reactive ketones (excluding diaryl/α,β-unsaturated/α-hetero) is 1. The van der Waals surface area contributed by atoms with Crippen molar-refractivity contribution < 1.29 is 4.79 Å². The van der Waals surface area contributed by atoms with E-state index in [2.05, 4.69) is 5.32 Å². The van der Waals surface area contributed by atoms with E-state index in [0.29, 0.717) is 0 Å². The third-order valence-corrected chi connectivity index (χ3v) is 3.50. The summed E-state index contributed by atoms with van der Waals surface area (Å²) in [5.41, 5.74) is 0.881. The fourth-order valence-electron chi connectivity index (χ4n) is 1.85. The number of carbonyl (C=O) groups excluding carboxylic acids is 1. The van der Waals surface area contributed by atoms with Crippen molar-refractivity contribution >= 4 is 17.1 Å². The largest absolute Gasteiger partial charge is 0.307 e. The maximum atomic E-state index is 12.0. The summed E-state index contributed by atoms with van der Waals surface area (Å²) in [5, 5.41) is 5.25. The number of thiophene rings is 1. The topological polar surface area (TPSA) is 29.1 Å². The number of aryl methyl sites for hydroxylation is 1. The Kier molecular flexibility index (Phi) is 2.99. The quantitative estimate of drug-likeness (QED) is 0.758. The van der Waals surface area contributed by atoms with Crippen LogP contribution < -0.4 is 5.32 Å². The van der Waals surface area contributed by atoms with Gasteiger partial charge in [0.25, 0.3) is 0 Å². The highest BCUT2D eigenvalue weighted by atomic mass is 32.1. The number of carbonyl (C=O) groups is 1. The van der Waals surface area contributed by atoms with Gasteiger partial charge in [0.15, 0.2) is 5.78 Å². The Balaban J connectivity index is 2.07. The molecule has 1 aliphatic heterocycles.